The van der Waals surface area contributed by atoms with Gasteiger partial charge in [-0.1, -0.05) is 129 Å². The lowest BCUT2D eigenvalue weighted by Gasteiger charge is -2.36. The molecular formula is C49H32BN3S. The standard InChI is InChI=1S/C49H32BN3S/c1-49(2)38-24-11-9-19-33(38)46-42(49)35-22-13-21-32-37-27-31(51(29-15-5-3-6-16-29)30-17-7-4-8-18-30)28-40-43(37)50(53(46)44(32)35)39-25-14-23-36-45(39)52(40)47-34-20-10-12-26-41(34)54-48(36)47/h3-28H,1-2H3. The minimum absolute atomic E-state index is 0.0144. The molecule has 252 valence electrons. The summed E-state index contributed by atoms with van der Waals surface area (Å²) in [6.45, 7) is 4.86. The van der Waals surface area contributed by atoms with E-state index < -0.39 is 0 Å². The quantitative estimate of drug-likeness (QED) is 0.167. The van der Waals surface area contributed by atoms with Crippen molar-refractivity contribution in [2.45, 2.75) is 19.3 Å². The molecule has 0 fully saturated rings. The molecular weight excluding hydrogens is 673 g/mol. The highest BCUT2D eigenvalue weighted by Gasteiger charge is 2.47. The van der Waals surface area contributed by atoms with Crippen molar-refractivity contribution in [3.05, 3.63) is 169 Å². The smallest absolute Gasteiger partial charge is 0.333 e. The first-order valence-electron chi connectivity index (χ1n) is 18.9. The van der Waals surface area contributed by atoms with Gasteiger partial charge >= 0.3 is 6.85 Å². The zero-order chi connectivity index (χ0) is 35.4. The van der Waals surface area contributed by atoms with Crippen LogP contribution in [0.5, 0.6) is 0 Å². The number of anilines is 3. The largest absolute Gasteiger partial charge is 0.375 e. The third-order valence-corrected chi connectivity index (χ3v) is 13.8. The molecule has 0 amide bonds. The lowest BCUT2D eigenvalue weighted by molar-refractivity contribution is 0.666. The maximum atomic E-state index is 2.75. The molecule has 5 heteroatoms. The van der Waals surface area contributed by atoms with Crippen LogP contribution in [0, 0.1) is 0 Å². The molecule has 2 aliphatic heterocycles. The molecule has 7 aromatic carbocycles. The molecule has 5 heterocycles. The van der Waals surface area contributed by atoms with Gasteiger partial charge in [0.2, 0.25) is 0 Å². The van der Waals surface area contributed by atoms with E-state index in [0.29, 0.717) is 0 Å². The molecule has 0 N–H and O–H groups in total. The first-order valence-corrected chi connectivity index (χ1v) is 19.7. The van der Waals surface area contributed by atoms with Crippen molar-refractivity contribution in [2.24, 2.45) is 0 Å². The van der Waals surface area contributed by atoms with Crippen molar-refractivity contribution in [2.75, 3.05) is 4.90 Å². The van der Waals surface area contributed by atoms with Crippen LogP contribution < -0.4 is 15.8 Å². The van der Waals surface area contributed by atoms with Gasteiger partial charge in [-0.2, -0.15) is 0 Å². The highest BCUT2D eigenvalue weighted by atomic mass is 32.1. The molecule has 0 radical (unpaired) electrons. The van der Waals surface area contributed by atoms with Gasteiger partial charge in [-0.3, -0.25) is 0 Å². The summed E-state index contributed by atoms with van der Waals surface area (Å²) in [6, 6.07) is 58.9. The Morgan fingerprint density at radius 1 is 0.556 bits per heavy atom. The molecule has 0 saturated heterocycles. The summed E-state index contributed by atoms with van der Waals surface area (Å²) in [5.74, 6) is 0. The molecule has 0 unspecified atom stereocenters. The van der Waals surface area contributed by atoms with Crippen LogP contribution in [0.3, 0.4) is 0 Å². The van der Waals surface area contributed by atoms with E-state index in [0.717, 1.165) is 17.1 Å². The molecule has 54 heavy (non-hydrogen) atoms. The Morgan fingerprint density at radius 3 is 2.04 bits per heavy atom. The van der Waals surface area contributed by atoms with E-state index >= 15 is 0 Å². The fourth-order valence-electron chi connectivity index (χ4n) is 10.6. The Kier molecular flexibility index (Phi) is 5.41. The van der Waals surface area contributed by atoms with Crippen molar-refractivity contribution in [1.82, 2.24) is 9.05 Å². The average Bonchev–Trinajstić information content (AvgIpc) is 3.93. The predicted molar refractivity (Wildman–Crippen MR) is 230 cm³/mol. The van der Waals surface area contributed by atoms with Crippen LogP contribution in [0.25, 0.3) is 70.2 Å². The first-order chi connectivity index (χ1) is 26.6. The van der Waals surface area contributed by atoms with Crippen molar-refractivity contribution < 1.29 is 0 Å². The number of fused-ring (bicyclic) bond motifs is 14. The van der Waals surface area contributed by atoms with Crippen LogP contribution in [0.15, 0.2) is 158 Å². The zero-order valence-corrected chi connectivity index (χ0v) is 30.7. The van der Waals surface area contributed by atoms with Crippen molar-refractivity contribution in [3.63, 3.8) is 0 Å². The summed E-state index contributed by atoms with van der Waals surface area (Å²) in [4.78, 5) is 2.43. The Labute approximate surface area is 317 Å². The lowest BCUT2D eigenvalue weighted by Crippen LogP contribution is -2.55. The van der Waals surface area contributed by atoms with Crippen LogP contribution in [-0.2, 0) is 5.41 Å². The average molecular weight is 706 g/mol. The monoisotopic (exact) mass is 705 g/mol. The molecule has 3 aliphatic rings. The van der Waals surface area contributed by atoms with E-state index in [4.69, 9.17) is 0 Å². The number of para-hydroxylation sites is 4. The molecule has 10 aromatic rings. The van der Waals surface area contributed by atoms with E-state index in [2.05, 4.69) is 186 Å². The number of hydrogen-bond donors (Lipinski definition) is 0. The van der Waals surface area contributed by atoms with E-state index in [1.807, 2.05) is 11.3 Å². The van der Waals surface area contributed by atoms with Gasteiger partial charge in [-0.15, -0.1) is 11.3 Å². The third kappa shape index (κ3) is 3.41. The minimum Gasteiger partial charge on any atom is -0.375 e. The lowest BCUT2D eigenvalue weighted by atomic mass is 9.45. The number of aromatic nitrogens is 2. The van der Waals surface area contributed by atoms with Gasteiger partial charge in [-0.05, 0) is 70.1 Å². The highest BCUT2D eigenvalue weighted by molar-refractivity contribution is 7.26. The van der Waals surface area contributed by atoms with Crippen LogP contribution in [0.4, 0.5) is 17.1 Å². The van der Waals surface area contributed by atoms with Gasteiger partial charge in [0.1, 0.15) is 0 Å². The molecule has 0 spiro atoms. The molecule has 0 bridgehead atoms. The van der Waals surface area contributed by atoms with Gasteiger partial charge in [0.15, 0.2) is 0 Å². The van der Waals surface area contributed by atoms with Gasteiger partial charge in [-0.25, -0.2) is 0 Å². The Balaban J connectivity index is 1.24. The topological polar surface area (TPSA) is 13.1 Å². The number of hydrogen-bond acceptors (Lipinski definition) is 2. The predicted octanol–water partition coefficient (Wildman–Crippen LogP) is 11.7. The number of benzene rings is 7. The second-order valence-corrected chi connectivity index (χ2v) is 16.7. The Hall–Kier alpha value is -6.30. The van der Waals surface area contributed by atoms with Crippen molar-refractivity contribution >= 4 is 88.3 Å². The fourth-order valence-corrected chi connectivity index (χ4v) is 11.8. The molecule has 0 atom stereocenters. The third-order valence-electron chi connectivity index (χ3n) is 12.6. The summed E-state index contributed by atoms with van der Waals surface area (Å²) in [5, 5.41) is 4.02. The van der Waals surface area contributed by atoms with Crippen molar-refractivity contribution in [1.29, 1.82) is 0 Å². The Morgan fingerprint density at radius 2 is 1.22 bits per heavy atom. The number of rotatable bonds is 3. The summed E-state index contributed by atoms with van der Waals surface area (Å²) < 4.78 is 8.08. The van der Waals surface area contributed by atoms with Crippen LogP contribution in [0.1, 0.15) is 25.0 Å². The van der Waals surface area contributed by atoms with Gasteiger partial charge < -0.3 is 13.9 Å². The second kappa shape index (κ2) is 10.0. The van der Waals surface area contributed by atoms with E-state index in [1.165, 1.54) is 92.2 Å². The van der Waals surface area contributed by atoms with E-state index in [1.54, 1.807) is 0 Å². The maximum absolute atomic E-state index is 2.75. The SMILES string of the molecule is CC1(C)c2ccccc2-c2c1c1cccc3c1n2B1c2c-3cc(N(c3ccccc3)c3ccccc3)cc2-n2c3c1cccc3c1sc3ccccc3c12. The maximum Gasteiger partial charge on any atom is 0.333 e. The van der Waals surface area contributed by atoms with E-state index in [9.17, 15) is 0 Å². The second-order valence-electron chi connectivity index (χ2n) is 15.7. The van der Waals surface area contributed by atoms with Crippen LogP contribution in [0.2, 0.25) is 0 Å². The molecule has 3 aromatic heterocycles. The summed E-state index contributed by atoms with van der Waals surface area (Å²) in [7, 11) is 0. The van der Waals surface area contributed by atoms with Crippen LogP contribution in [-0.4, -0.2) is 15.9 Å². The molecule has 13 rings (SSSR count). The molecule has 1 aliphatic carbocycles. The van der Waals surface area contributed by atoms with Gasteiger partial charge in [0, 0.05) is 71.4 Å². The summed E-state index contributed by atoms with van der Waals surface area (Å²) in [5.41, 5.74) is 19.6. The zero-order valence-electron chi connectivity index (χ0n) is 29.8. The summed E-state index contributed by atoms with van der Waals surface area (Å²) >= 11 is 1.93. The minimum atomic E-state index is -0.127. The summed E-state index contributed by atoms with van der Waals surface area (Å²) in [6.07, 6.45) is 0. The van der Waals surface area contributed by atoms with Gasteiger partial charge in [0.25, 0.3) is 0 Å². The van der Waals surface area contributed by atoms with Crippen LogP contribution >= 0.6 is 11.3 Å². The van der Waals surface area contributed by atoms with Crippen molar-refractivity contribution in [3.8, 4) is 28.1 Å². The number of nitrogens with zero attached hydrogens (tertiary/aromatic N) is 3. The van der Waals surface area contributed by atoms with Gasteiger partial charge in [0.05, 0.1) is 15.7 Å². The number of thiophene rings is 1. The first kappa shape index (κ1) is 29.2. The molecule has 3 nitrogen and oxygen atoms in total. The fraction of sp³-hybridized carbons (Fsp3) is 0.0612. The van der Waals surface area contributed by atoms with E-state index in [-0.39, 0.29) is 12.3 Å². The highest BCUT2D eigenvalue weighted by Crippen LogP contribution is 2.56. The molecule has 0 saturated carbocycles. The normalized spacial score (nSPS) is 14.2. The Bertz CT molecular complexity index is 3220.